The van der Waals surface area contributed by atoms with Crippen molar-refractivity contribution in [3.05, 3.63) is 35.0 Å². The van der Waals surface area contributed by atoms with Crippen molar-refractivity contribution in [2.24, 2.45) is 17.8 Å². The van der Waals surface area contributed by atoms with Crippen molar-refractivity contribution < 1.29 is 33.9 Å². The highest BCUT2D eigenvalue weighted by atomic mass is 16.5. The number of hydrogen-bond acceptors (Lipinski definition) is 9. The Bertz CT molecular complexity index is 1310. The first kappa shape index (κ1) is 45.8. The molecule has 294 valence electrons. The van der Waals surface area contributed by atoms with E-state index in [1.807, 2.05) is 53.9 Å². The maximum atomic E-state index is 13.6. The minimum atomic E-state index is -1.00. The Morgan fingerprint density at radius 3 is 2.08 bits per heavy atom. The van der Waals surface area contributed by atoms with Gasteiger partial charge in [-0.15, -0.1) is 0 Å². The first-order valence-corrected chi connectivity index (χ1v) is 18.4. The van der Waals surface area contributed by atoms with Gasteiger partial charge in [-0.3, -0.25) is 28.8 Å². The van der Waals surface area contributed by atoms with Gasteiger partial charge in [-0.25, -0.2) is 0 Å². The van der Waals surface area contributed by atoms with E-state index in [1.165, 1.54) is 0 Å². The summed E-state index contributed by atoms with van der Waals surface area (Å²) in [6.45, 7) is 15.4. The van der Waals surface area contributed by atoms with Crippen LogP contribution in [0.3, 0.4) is 0 Å². The van der Waals surface area contributed by atoms with E-state index in [-0.39, 0.29) is 68.0 Å². The molecule has 1 aromatic carbocycles. The number of anilines is 1. The monoisotopic (exact) mass is 732 g/mol. The normalized spacial score (nSPS) is 14.7. The summed E-state index contributed by atoms with van der Waals surface area (Å²) >= 11 is 0. The summed E-state index contributed by atoms with van der Waals surface area (Å²) in [5.74, 6) is -3.32. The highest BCUT2D eigenvalue weighted by Crippen LogP contribution is 2.13. The minimum absolute atomic E-state index is 0.0333. The first-order valence-electron chi connectivity index (χ1n) is 18.4. The molecule has 0 aromatic heterocycles. The Kier molecular flexibility index (Phi) is 21.2. The third-order valence-electron chi connectivity index (χ3n) is 8.74. The molecule has 1 aromatic rings. The van der Waals surface area contributed by atoms with E-state index in [4.69, 9.17) is 5.11 Å². The second-order valence-corrected chi connectivity index (χ2v) is 14.2. The molecule has 0 spiro atoms. The Morgan fingerprint density at radius 2 is 1.50 bits per heavy atom. The molecular weight excluding hydrogens is 670 g/mol. The van der Waals surface area contributed by atoms with E-state index in [0.717, 1.165) is 5.56 Å². The summed E-state index contributed by atoms with van der Waals surface area (Å²) in [5, 5.41) is 37.2. The second-order valence-electron chi connectivity index (χ2n) is 14.2. The summed E-state index contributed by atoms with van der Waals surface area (Å²) in [7, 11) is 0. The zero-order valence-electron chi connectivity index (χ0n) is 32.1. The number of carbonyl (C=O) groups is 6. The number of aliphatic carboxylic acids is 1. The van der Waals surface area contributed by atoms with Crippen molar-refractivity contribution in [2.75, 3.05) is 12.0 Å². The quantitative estimate of drug-likeness (QED) is 0.0686. The van der Waals surface area contributed by atoms with Gasteiger partial charge in [-0.1, -0.05) is 73.4 Å². The predicted molar refractivity (Wildman–Crippen MR) is 201 cm³/mol. The van der Waals surface area contributed by atoms with Gasteiger partial charge in [0.25, 0.3) is 0 Å². The van der Waals surface area contributed by atoms with Crippen LogP contribution in [0, 0.1) is 23.0 Å². The molecule has 0 heterocycles. The molecule has 1 rings (SSSR count). The van der Waals surface area contributed by atoms with Gasteiger partial charge >= 0.3 is 5.97 Å². The van der Waals surface area contributed by atoms with Crippen molar-refractivity contribution in [1.29, 1.82) is 0 Å². The van der Waals surface area contributed by atoms with Crippen molar-refractivity contribution >= 4 is 41.2 Å². The Balaban J connectivity index is 2.90. The van der Waals surface area contributed by atoms with Crippen molar-refractivity contribution in [2.45, 2.75) is 137 Å². The highest BCUT2D eigenvalue weighted by Gasteiger charge is 2.31. The number of carbonyl (C=O) groups excluding carboxylic acids is 5. The van der Waals surface area contributed by atoms with Crippen molar-refractivity contribution in [3.8, 4) is 0 Å². The molecule has 0 radical (unpaired) electrons. The SMILES string of the molecule is CCC[C@H](NC(=O)[C@@H](NC(=O)CCCC(=O)O)[C@@H](C)CC)C(=O)NC(CN[C@@H](C)C(=O)NC(C(=O)NCc1cccc(N[O-])c1)C(C)C)CC(C)C. The van der Waals surface area contributed by atoms with Gasteiger partial charge in [0.05, 0.1) is 6.04 Å². The fourth-order valence-corrected chi connectivity index (χ4v) is 5.50. The molecule has 52 heavy (non-hydrogen) atoms. The second kappa shape index (κ2) is 24.1. The van der Waals surface area contributed by atoms with Crippen LogP contribution in [-0.2, 0) is 35.3 Å². The van der Waals surface area contributed by atoms with Crippen LogP contribution in [0.25, 0.3) is 0 Å². The Morgan fingerprint density at radius 1 is 0.808 bits per heavy atom. The van der Waals surface area contributed by atoms with Crippen molar-refractivity contribution in [3.63, 3.8) is 0 Å². The molecule has 8 N–H and O–H groups in total. The molecule has 0 bridgehead atoms. The third kappa shape index (κ3) is 17.3. The van der Waals surface area contributed by atoms with Gasteiger partial charge < -0.3 is 47.7 Å². The topological polar surface area (TPSA) is 230 Å². The van der Waals surface area contributed by atoms with Crippen LogP contribution < -0.4 is 37.4 Å². The lowest BCUT2D eigenvalue weighted by atomic mass is 9.97. The van der Waals surface area contributed by atoms with Crippen LogP contribution >= 0.6 is 0 Å². The van der Waals surface area contributed by atoms with E-state index in [2.05, 4.69) is 31.9 Å². The summed E-state index contributed by atoms with van der Waals surface area (Å²) < 4.78 is 0. The highest BCUT2D eigenvalue weighted by molar-refractivity contribution is 5.92. The van der Waals surface area contributed by atoms with Crippen LogP contribution in [-0.4, -0.2) is 77.4 Å². The van der Waals surface area contributed by atoms with Gasteiger partial charge in [0.15, 0.2) is 0 Å². The maximum Gasteiger partial charge on any atom is 0.303 e. The fourth-order valence-electron chi connectivity index (χ4n) is 5.50. The Hall–Kier alpha value is -4.24. The fraction of sp³-hybridized carbons (Fsp3) is 0.676. The average Bonchev–Trinajstić information content (AvgIpc) is 3.09. The molecule has 0 aliphatic heterocycles. The van der Waals surface area contributed by atoms with E-state index in [1.54, 1.807) is 31.2 Å². The predicted octanol–water partition coefficient (Wildman–Crippen LogP) is 2.93. The van der Waals surface area contributed by atoms with Gasteiger partial charge in [0.1, 0.15) is 18.1 Å². The van der Waals surface area contributed by atoms with E-state index < -0.39 is 47.9 Å². The maximum absolute atomic E-state index is 13.6. The van der Waals surface area contributed by atoms with Crippen LogP contribution in [0.1, 0.15) is 106 Å². The molecule has 2 unspecified atom stereocenters. The summed E-state index contributed by atoms with van der Waals surface area (Å²) in [6, 6.07) is 3.06. The molecule has 0 saturated heterocycles. The summed E-state index contributed by atoms with van der Waals surface area (Å²) in [4.78, 5) is 76.6. The standard InChI is InChI=1S/C37H62N7O8/c1-9-13-29(41-37(51)33(24(7)10-2)42-30(45)16-12-17-31(46)47)35(49)40-28(18-22(3)4)21-38-25(8)34(48)43-32(23(5)6)36(50)39-20-26-14-11-15-27(19-26)44-52/h11,14-15,19,22-25,28-29,32-33,38,44H,9-10,12-13,16-18,20-21H2,1-8H3,(H,39,50)(H,40,49)(H,41,51)(H,42,45)(H,43,48)(H,46,47)/q-1/t24-,25-,28?,29-,32?,33-/m0/s1. The lowest BCUT2D eigenvalue weighted by molar-refractivity contribution is -0.137. The first-order chi connectivity index (χ1) is 24.5. The van der Waals surface area contributed by atoms with Crippen LogP contribution in [0.4, 0.5) is 5.69 Å². The van der Waals surface area contributed by atoms with E-state index >= 15 is 0 Å². The van der Waals surface area contributed by atoms with E-state index in [9.17, 15) is 34.0 Å². The number of hydrogen-bond donors (Lipinski definition) is 8. The van der Waals surface area contributed by atoms with Gasteiger partial charge in [-0.05, 0) is 61.6 Å². The Labute approximate surface area is 308 Å². The molecule has 0 saturated carbocycles. The smallest absolute Gasteiger partial charge is 0.303 e. The molecule has 15 heteroatoms. The molecule has 5 amide bonds. The van der Waals surface area contributed by atoms with Crippen LogP contribution in [0.5, 0.6) is 0 Å². The number of amides is 5. The number of nitrogens with one attached hydrogen (secondary N) is 7. The zero-order chi connectivity index (χ0) is 39.4. The molecule has 0 aliphatic carbocycles. The van der Waals surface area contributed by atoms with Gasteiger partial charge in [-0.2, -0.15) is 0 Å². The van der Waals surface area contributed by atoms with Crippen LogP contribution in [0.15, 0.2) is 24.3 Å². The number of carboxylic acids is 1. The number of carboxylic acid groups (broad SMARTS) is 1. The van der Waals surface area contributed by atoms with Crippen LogP contribution in [0.2, 0.25) is 0 Å². The van der Waals surface area contributed by atoms with Gasteiger partial charge in [0.2, 0.25) is 29.5 Å². The lowest BCUT2D eigenvalue weighted by Gasteiger charge is -2.29. The molecule has 0 fully saturated rings. The average molecular weight is 733 g/mol. The molecule has 0 aliphatic rings. The lowest BCUT2D eigenvalue weighted by Crippen LogP contribution is -2.58. The minimum Gasteiger partial charge on any atom is -0.761 e. The van der Waals surface area contributed by atoms with Gasteiger partial charge in [0, 0.05) is 37.7 Å². The largest absolute Gasteiger partial charge is 0.761 e. The third-order valence-corrected chi connectivity index (χ3v) is 8.74. The molecule has 15 nitrogen and oxygen atoms in total. The zero-order valence-corrected chi connectivity index (χ0v) is 32.1. The molecule has 6 atom stereocenters. The number of benzene rings is 1. The molecular formula is C37H62N7O8-. The summed E-state index contributed by atoms with van der Waals surface area (Å²) in [6.07, 6.45) is 2.09. The summed E-state index contributed by atoms with van der Waals surface area (Å²) in [5.41, 5.74) is 2.93. The van der Waals surface area contributed by atoms with Crippen molar-refractivity contribution in [1.82, 2.24) is 31.9 Å². The number of rotatable bonds is 25. The van der Waals surface area contributed by atoms with E-state index in [0.29, 0.717) is 31.4 Å².